The summed E-state index contributed by atoms with van der Waals surface area (Å²) >= 11 is 3.47. The second-order valence-corrected chi connectivity index (χ2v) is 6.04. The molecule has 2 unspecified atom stereocenters. The molecule has 2 aliphatic rings. The predicted molar refractivity (Wildman–Crippen MR) is 78.2 cm³/mol. The van der Waals surface area contributed by atoms with Crippen molar-refractivity contribution in [2.75, 3.05) is 0 Å². The summed E-state index contributed by atoms with van der Waals surface area (Å²) in [6, 6.07) is 13.7. The molecule has 1 aliphatic carbocycles. The molecule has 3 nitrogen and oxygen atoms in total. The van der Waals surface area contributed by atoms with Gasteiger partial charge in [0.15, 0.2) is 0 Å². The lowest BCUT2D eigenvalue weighted by Crippen LogP contribution is -2.21. The minimum atomic E-state index is -0.402. The van der Waals surface area contributed by atoms with Gasteiger partial charge >= 0.3 is 0 Å². The van der Waals surface area contributed by atoms with E-state index in [1.54, 1.807) is 0 Å². The molecule has 0 spiro atoms. The van der Waals surface area contributed by atoms with Crippen molar-refractivity contribution in [3.63, 3.8) is 0 Å². The third-order valence-electron chi connectivity index (χ3n) is 4.08. The van der Waals surface area contributed by atoms with Crippen LogP contribution in [0.25, 0.3) is 11.1 Å². The third-order valence-corrected chi connectivity index (χ3v) is 4.57. The molecule has 1 saturated heterocycles. The molecule has 1 heterocycles. The topological polar surface area (TPSA) is 46.2 Å². The first-order valence-electron chi connectivity index (χ1n) is 6.40. The normalized spacial score (nSPS) is 22.9. The van der Waals surface area contributed by atoms with Crippen molar-refractivity contribution < 1.29 is 9.59 Å². The second kappa shape index (κ2) is 4.03. The molecule has 0 bridgehead atoms. The molecule has 1 aliphatic heterocycles. The molecule has 20 heavy (non-hydrogen) atoms. The summed E-state index contributed by atoms with van der Waals surface area (Å²) < 4.78 is 0.967. The maximum Gasteiger partial charge on any atom is 0.235 e. The summed E-state index contributed by atoms with van der Waals surface area (Å²) in [5, 5.41) is 2.47. The van der Waals surface area contributed by atoms with Gasteiger partial charge in [-0.25, -0.2) is 0 Å². The van der Waals surface area contributed by atoms with E-state index in [0.29, 0.717) is 0 Å². The van der Waals surface area contributed by atoms with Gasteiger partial charge in [0.2, 0.25) is 11.8 Å². The first-order chi connectivity index (χ1) is 9.66. The van der Waals surface area contributed by atoms with Crippen molar-refractivity contribution in [3.8, 4) is 11.1 Å². The summed E-state index contributed by atoms with van der Waals surface area (Å²) in [5.74, 6) is -1.19. The van der Waals surface area contributed by atoms with Gasteiger partial charge in [0.25, 0.3) is 0 Å². The van der Waals surface area contributed by atoms with E-state index in [0.717, 1.165) is 26.7 Å². The highest BCUT2D eigenvalue weighted by atomic mass is 79.9. The second-order valence-electron chi connectivity index (χ2n) is 5.13. The van der Waals surface area contributed by atoms with Crippen molar-refractivity contribution >= 4 is 27.7 Å². The first-order valence-corrected chi connectivity index (χ1v) is 7.19. The number of hydrogen-bond donors (Lipinski definition) is 1. The number of carbonyl (C=O) groups excluding carboxylic acids is 2. The molecule has 2 atom stereocenters. The maximum absolute atomic E-state index is 12.1. The molecular formula is C16H10BrNO2. The summed E-state index contributed by atoms with van der Waals surface area (Å²) in [6.45, 7) is 0. The summed E-state index contributed by atoms with van der Waals surface area (Å²) in [4.78, 5) is 24.2. The van der Waals surface area contributed by atoms with Gasteiger partial charge < -0.3 is 0 Å². The fourth-order valence-electron chi connectivity index (χ4n) is 3.27. The largest absolute Gasteiger partial charge is 0.295 e. The zero-order valence-corrected chi connectivity index (χ0v) is 12.0. The SMILES string of the molecule is O=C1NC(=O)C2c3ccc(Br)cc3-c3ccccc3C12. The quantitative estimate of drug-likeness (QED) is 0.756. The van der Waals surface area contributed by atoms with Crippen LogP contribution in [0.15, 0.2) is 46.9 Å². The standard InChI is InChI=1S/C16H10BrNO2/c17-8-5-6-11-12(7-8)9-3-1-2-4-10(9)13-14(11)16(20)18-15(13)19/h1-7,13-14H,(H,18,19,20). The van der Waals surface area contributed by atoms with Crippen LogP contribution in [0.1, 0.15) is 23.0 Å². The highest BCUT2D eigenvalue weighted by Crippen LogP contribution is 2.49. The number of fused-ring (bicyclic) bond motifs is 6. The average molecular weight is 328 g/mol. The van der Waals surface area contributed by atoms with Gasteiger partial charge in [-0.15, -0.1) is 0 Å². The predicted octanol–water partition coefficient (Wildman–Crippen LogP) is 2.95. The van der Waals surface area contributed by atoms with Gasteiger partial charge in [0, 0.05) is 4.47 Å². The Hall–Kier alpha value is -1.94. The number of rotatable bonds is 0. The number of nitrogens with one attached hydrogen (secondary N) is 1. The van der Waals surface area contributed by atoms with E-state index in [2.05, 4.69) is 21.2 Å². The lowest BCUT2D eigenvalue weighted by atomic mass is 9.73. The Morgan fingerprint density at radius 3 is 2.25 bits per heavy atom. The molecule has 0 aromatic heterocycles. The smallest absolute Gasteiger partial charge is 0.235 e. The summed E-state index contributed by atoms with van der Waals surface area (Å²) in [5.41, 5.74) is 3.93. The number of benzene rings is 2. The monoisotopic (exact) mass is 327 g/mol. The van der Waals surface area contributed by atoms with Crippen LogP contribution in [0.2, 0.25) is 0 Å². The number of carbonyl (C=O) groups is 2. The average Bonchev–Trinajstić information content (AvgIpc) is 2.74. The molecule has 2 aromatic carbocycles. The molecule has 1 N–H and O–H groups in total. The van der Waals surface area contributed by atoms with Crippen LogP contribution in [0.3, 0.4) is 0 Å². The zero-order chi connectivity index (χ0) is 13.9. The Bertz CT molecular complexity index is 769. The molecular weight excluding hydrogens is 318 g/mol. The third kappa shape index (κ3) is 1.45. The van der Waals surface area contributed by atoms with Crippen LogP contribution in [0.4, 0.5) is 0 Å². The van der Waals surface area contributed by atoms with Crippen LogP contribution in [-0.4, -0.2) is 11.8 Å². The molecule has 4 rings (SSSR count). The maximum atomic E-state index is 12.1. The van der Waals surface area contributed by atoms with Gasteiger partial charge in [0.1, 0.15) is 0 Å². The first kappa shape index (κ1) is 11.9. The van der Waals surface area contributed by atoms with E-state index < -0.39 is 11.8 Å². The highest BCUT2D eigenvalue weighted by molar-refractivity contribution is 9.10. The summed E-state index contributed by atoms with van der Waals surface area (Å²) in [6.07, 6.45) is 0. The Morgan fingerprint density at radius 2 is 1.50 bits per heavy atom. The van der Waals surface area contributed by atoms with E-state index in [9.17, 15) is 9.59 Å². The molecule has 0 radical (unpaired) electrons. The van der Waals surface area contributed by atoms with Gasteiger partial charge in [0.05, 0.1) is 11.8 Å². The van der Waals surface area contributed by atoms with Crippen LogP contribution >= 0.6 is 15.9 Å². The Labute approximate surface area is 124 Å². The Balaban J connectivity index is 2.08. The molecule has 2 aromatic rings. The number of hydrogen-bond acceptors (Lipinski definition) is 2. The van der Waals surface area contributed by atoms with Crippen LogP contribution in [0, 0.1) is 0 Å². The molecule has 2 amide bonds. The van der Waals surface area contributed by atoms with Gasteiger partial charge in [-0.2, -0.15) is 0 Å². The van der Waals surface area contributed by atoms with E-state index in [4.69, 9.17) is 0 Å². The number of amides is 2. The van der Waals surface area contributed by atoms with Gasteiger partial charge in [-0.1, -0.05) is 46.3 Å². The Kier molecular flexibility index (Phi) is 2.39. The van der Waals surface area contributed by atoms with Crippen LogP contribution < -0.4 is 5.32 Å². The minimum Gasteiger partial charge on any atom is -0.295 e. The number of imide groups is 1. The van der Waals surface area contributed by atoms with E-state index in [-0.39, 0.29) is 11.8 Å². The van der Waals surface area contributed by atoms with Crippen molar-refractivity contribution in [1.29, 1.82) is 0 Å². The van der Waals surface area contributed by atoms with Gasteiger partial charge in [-0.05, 0) is 34.4 Å². The van der Waals surface area contributed by atoms with Crippen molar-refractivity contribution in [3.05, 3.63) is 58.1 Å². The highest BCUT2D eigenvalue weighted by Gasteiger charge is 2.47. The van der Waals surface area contributed by atoms with Crippen molar-refractivity contribution in [1.82, 2.24) is 5.32 Å². The molecule has 1 fully saturated rings. The van der Waals surface area contributed by atoms with Crippen LogP contribution in [-0.2, 0) is 9.59 Å². The fourth-order valence-corrected chi connectivity index (χ4v) is 3.63. The van der Waals surface area contributed by atoms with Crippen molar-refractivity contribution in [2.24, 2.45) is 0 Å². The van der Waals surface area contributed by atoms with E-state index >= 15 is 0 Å². The minimum absolute atomic E-state index is 0.194. The fraction of sp³-hybridized carbons (Fsp3) is 0.125. The zero-order valence-electron chi connectivity index (χ0n) is 10.4. The Morgan fingerprint density at radius 1 is 0.850 bits per heavy atom. The van der Waals surface area contributed by atoms with E-state index in [1.807, 2.05) is 42.5 Å². The lowest BCUT2D eigenvalue weighted by molar-refractivity contribution is -0.125. The van der Waals surface area contributed by atoms with Crippen molar-refractivity contribution in [2.45, 2.75) is 11.8 Å². The summed E-state index contributed by atoms with van der Waals surface area (Å²) in [7, 11) is 0. The number of halogens is 1. The molecule has 4 heteroatoms. The molecule has 98 valence electrons. The van der Waals surface area contributed by atoms with Crippen LogP contribution in [0.5, 0.6) is 0 Å². The molecule has 0 saturated carbocycles. The van der Waals surface area contributed by atoms with E-state index in [1.165, 1.54) is 0 Å². The lowest BCUT2D eigenvalue weighted by Gasteiger charge is -2.27. The van der Waals surface area contributed by atoms with Gasteiger partial charge in [-0.3, -0.25) is 14.9 Å².